The van der Waals surface area contributed by atoms with E-state index < -0.39 is 0 Å². The first kappa shape index (κ1) is 18.4. The molecular weight excluding hydrogens is 260 g/mol. The van der Waals surface area contributed by atoms with E-state index in [0.717, 1.165) is 32.5 Å². The normalized spacial score (nSPS) is 17.2. The Morgan fingerprint density at radius 3 is 2.14 bits per heavy atom. The summed E-state index contributed by atoms with van der Waals surface area (Å²) in [6.45, 7) is 3.93. The minimum Gasteiger partial charge on any atom is -0.353 e. The highest BCUT2D eigenvalue weighted by Crippen LogP contribution is 2.14. The molecule has 0 aromatic rings. The van der Waals surface area contributed by atoms with Crippen LogP contribution in [-0.4, -0.2) is 19.5 Å². The highest BCUT2D eigenvalue weighted by molar-refractivity contribution is 5.01. The van der Waals surface area contributed by atoms with Gasteiger partial charge in [0.15, 0.2) is 6.29 Å². The molecule has 0 aromatic carbocycles. The molecule has 0 unspecified atom stereocenters. The molecule has 0 bridgehead atoms. The molecule has 0 aliphatic carbocycles. The first-order valence-electron chi connectivity index (χ1n) is 8.98. The molecule has 0 atom stereocenters. The summed E-state index contributed by atoms with van der Waals surface area (Å²) < 4.78 is 11.1. The van der Waals surface area contributed by atoms with Crippen LogP contribution in [0, 0.1) is 0 Å². The SMILES string of the molecule is CC/C=C\C=C/CCCCCCCCCC1OCCCO1. The summed E-state index contributed by atoms with van der Waals surface area (Å²) in [6, 6.07) is 0. The highest BCUT2D eigenvalue weighted by Gasteiger charge is 2.12. The van der Waals surface area contributed by atoms with Gasteiger partial charge in [-0.15, -0.1) is 0 Å². The van der Waals surface area contributed by atoms with Gasteiger partial charge in [-0.3, -0.25) is 0 Å². The van der Waals surface area contributed by atoms with E-state index in [2.05, 4.69) is 31.2 Å². The average Bonchev–Trinajstić information content (AvgIpc) is 2.53. The third kappa shape index (κ3) is 11.7. The van der Waals surface area contributed by atoms with Gasteiger partial charge in [-0.1, -0.05) is 63.3 Å². The maximum Gasteiger partial charge on any atom is 0.157 e. The van der Waals surface area contributed by atoms with Gasteiger partial charge in [0.25, 0.3) is 0 Å². The van der Waals surface area contributed by atoms with Crippen LogP contribution in [0.25, 0.3) is 0 Å². The van der Waals surface area contributed by atoms with Gasteiger partial charge in [0.05, 0.1) is 13.2 Å². The minimum absolute atomic E-state index is 0.0901. The van der Waals surface area contributed by atoms with Gasteiger partial charge >= 0.3 is 0 Å². The Balaban J connectivity index is 1.76. The molecule has 1 saturated heterocycles. The Morgan fingerprint density at radius 1 is 0.810 bits per heavy atom. The van der Waals surface area contributed by atoms with Crippen molar-refractivity contribution in [1.29, 1.82) is 0 Å². The molecule has 0 saturated carbocycles. The molecule has 1 aliphatic rings. The zero-order chi connectivity index (χ0) is 15.0. The van der Waals surface area contributed by atoms with Crippen molar-refractivity contribution in [2.45, 2.75) is 83.8 Å². The van der Waals surface area contributed by atoms with E-state index in [9.17, 15) is 0 Å². The second-order valence-corrected chi connectivity index (χ2v) is 5.84. The van der Waals surface area contributed by atoms with Crippen LogP contribution in [0.3, 0.4) is 0 Å². The predicted octanol–water partition coefficient (Wildman–Crippen LogP) is 5.78. The van der Waals surface area contributed by atoms with Gasteiger partial charge in [-0.2, -0.15) is 0 Å². The van der Waals surface area contributed by atoms with E-state index in [4.69, 9.17) is 9.47 Å². The van der Waals surface area contributed by atoms with Crippen molar-refractivity contribution >= 4 is 0 Å². The lowest BCUT2D eigenvalue weighted by atomic mass is 10.1. The topological polar surface area (TPSA) is 18.5 Å². The summed E-state index contributed by atoms with van der Waals surface area (Å²) in [7, 11) is 0. The lowest BCUT2D eigenvalue weighted by Crippen LogP contribution is -2.24. The van der Waals surface area contributed by atoms with E-state index in [1.807, 2.05) is 0 Å². The van der Waals surface area contributed by atoms with E-state index in [0.29, 0.717) is 0 Å². The Bertz CT molecular complexity index is 265. The number of allylic oxidation sites excluding steroid dienone is 4. The summed E-state index contributed by atoms with van der Waals surface area (Å²) in [5.74, 6) is 0. The summed E-state index contributed by atoms with van der Waals surface area (Å²) in [6.07, 6.45) is 22.8. The van der Waals surface area contributed by atoms with Crippen molar-refractivity contribution in [3.05, 3.63) is 24.3 Å². The molecule has 1 aliphatic heterocycles. The second-order valence-electron chi connectivity index (χ2n) is 5.84. The third-order valence-electron chi connectivity index (χ3n) is 3.83. The van der Waals surface area contributed by atoms with Gasteiger partial charge in [-0.25, -0.2) is 0 Å². The number of rotatable bonds is 12. The molecule has 122 valence electrons. The van der Waals surface area contributed by atoms with Crippen LogP contribution < -0.4 is 0 Å². The Morgan fingerprint density at radius 2 is 1.43 bits per heavy atom. The van der Waals surface area contributed by atoms with Crippen molar-refractivity contribution in [2.75, 3.05) is 13.2 Å². The van der Waals surface area contributed by atoms with Gasteiger partial charge < -0.3 is 9.47 Å². The molecule has 2 heteroatoms. The van der Waals surface area contributed by atoms with Gasteiger partial charge in [-0.05, 0) is 38.5 Å². The maximum atomic E-state index is 5.55. The highest BCUT2D eigenvalue weighted by atomic mass is 16.7. The largest absolute Gasteiger partial charge is 0.353 e. The molecule has 0 spiro atoms. The Labute approximate surface area is 131 Å². The number of hydrogen-bond donors (Lipinski definition) is 0. The summed E-state index contributed by atoms with van der Waals surface area (Å²) >= 11 is 0. The lowest BCUT2D eigenvalue weighted by molar-refractivity contribution is -0.181. The van der Waals surface area contributed by atoms with E-state index >= 15 is 0 Å². The fourth-order valence-corrected chi connectivity index (χ4v) is 2.55. The fourth-order valence-electron chi connectivity index (χ4n) is 2.55. The van der Waals surface area contributed by atoms with Crippen LogP contribution in [0.1, 0.15) is 77.6 Å². The number of hydrogen-bond acceptors (Lipinski definition) is 2. The fraction of sp³-hybridized carbons (Fsp3) is 0.789. The molecule has 0 aromatic heterocycles. The van der Waals surface area contributed by atoms with Crippen molar-refractivity contribution in [3.63, 3.8) is 0 Å². The monoisotopic (exact) mass is 294 g/mol. The van der Waals surface area contributed by atoms with E-state index in [1.54, 1.807) is 0 Å². The average molecular weight is 294 g/mol. The van der Waals surface area contributed by atoms with Crippen LogP contribution in [0.2, 0.25) is 0 Å². The van der Waals surface area contributed by atoms with Crippen molar-refractivity contribution in [2.24, 2.45) is 0 Å². The van der Waals surface area contributed by atoms with Crippen molar-refractivity contribution in [3.8, 4) is 0 Å². The number of ether oxygens (including phenoxy) is 2. The van der Waals surface area contributed by atoms with Crippen LogP contribution in [0.15, 0.2) is 24.3 Å². The van der Waals surface area contributed by atoms with Gasteiger partial charge in [0.2, 0.25) is 0 Å². The molecule has 1 fully saturated rings. The standard InChI is InChI=1S/C19H34O2/c1-2-3-4-5-6-7-8-9-10-11-12-13-14-16-19-20-17-15-18-21-19/h3-6,19H,2,7-18H2,1H3/b4-3-,6-5-. The van der Waals surface area contributed by atoms with Crippen LogP contribution in [-0.2, 0) is 9.47 Å². The van der Waals surface area contributed by atoms with Crippen LogP contribution in [0.4, 0.5) is 0 Å². The predicted molar refractivity (Wildman–Crippen MR) is 90.4 cm³/mol. The van der Waals surface area contributed by atoms with Crippen molar-refractivity contribution in [1.82, 2.24) is 0 Å². The first-order valence-corrected chi connectivity index (χ1v) is 8.98. The quantitative estimate of drug-likeness (QED) is 0.335. The summed E-state index contributed by atoms with van der Waals surface area (Å²) in [5, 5.41) is 0. The third-order valence-corrected chi connectivity index (χ3v) is 3.83. The lowest BCUT2D eigenvalue weighted by Gasteiger charge is -2.22. The van der Waals surface area contributed by atoms with Gasteiger partial charge in [0, 0.05) is 0 Å². The molecule has 2 nitrogen and oxygen atoms in total. The number of unbranched alkanes of at least 4 members (excludes halogenated alkanes) is 7. The Hall–Kier alpha value is -0.600. The molecule has 0 amide bonds. The van der Waals surface area contributed by atoms with Crippen LogP contribution in [0.5, 0.6) is 0 Å². The molecule has 21 heavy (non-hydrogen) atoms. The zero-order valence-corrected chi connectivity index (χ0v) is 13.9. The summed E-state index contributed by atoms with van der Waals surface area (Å²) in [4.78, 5) is 0. The first-order chi connectivity index (χ1) is 10.4. The minimum atomic E-state index is 0.0901. The van der Waals surface area contributed by atoms with E-state index in [-0.39, 0.29) is 6.29 Å². The van der Waals surface area contributed by atoms with Crippen molar-refractivity contribution < 1.29 is 9.47 Å². The molecular formula is C19H34O2. The zero-order valence-electron chi connectivity index (χ0n) is 13.9. The molecule has 1 heterocycles. The molecule has 1 rings (SSSR count). The van der Waals surface area contributed by atoms with Crippen LogP contribution >= 0.6 is 0 Å². The molecule has 0 N–H and O–H groups in total. The Kier molecular flexibility index (Phi) is 12.6. The second kappa shape index (κ2) is 14.3. The van der Waals surface area contributed by atoms with Gasteiger partial charge in [0.1, 0.15) is 0 Å². The summed E-state index contributed by atoms with van der Waals surface area (Å²) in [5.41, 5.74) is 0. The maximum absolute atomic E-state index is 5.55. The van der Waals surface area contributed by atoms with E-state index in [1.165, 1.54) is 51.4 Å². The smallest absolute Gasteiger partial charge is 0.157 e. The molecule has 0 radical (unpaired) electrons.